The third-order valence-corrected chi connectivity index (χ3v) is 4.41. The molecule has 4 aromatic rings. The van der Waals surface area contributed by atoms with Gasteiger partial charge < -0.3 is 5.32 Å². The number of benzene rings is 1. The van der Waals surface area contributed by atoms with Crippen LogP contribution < -0.4 is 5.32 Å². The minimum atomic E-state index is 0.720. The number of hydrogen-bond acceptors (Lipinski definition) is 5. The van der Waals surface area contributed by atoms with Gasteiger partial charge in [0, 0.05) is 27.9 Å². The zero-order valence-corrected chi connectivity index (χ0v) is 13.1. The molecule has 0 amide bonds. The molecule has 1 N–H and O–H groups in total. The molecule has 4 nitrogen and oxygen atoms in total. The van der Waals surface area contributed by atoms with Crippen LogP contribution in [0.25, 0.3) is 21.3 Å². The molecule has 0 atom stereocenters. The minimum absolute atomic E-state index is 0.720. The Morgan fingerprint density at radius 3 is 2.95 bits per heavy atom. The lowest BCUT2D eigenvalue weighted by Gasteiger charge is -2.09. The van der Waals surface area contributed by atoms with Crippen LogP contribution in [0.3, 0.4) is 0 Å². The third-order valence-electron chi connectivity index (χ3n) is 3.17. The van der Waals surface area contributed by atoms with Crippen LogP contribution in [-0.4, -0.2) is 15.0 Å². The van der Waals surface area contributed by atoms with Crippen LogP contribution in [0.2, 0.25) is 0 Å². The summed E-state index contributed by atoms with van der Waals surface area (Å²) in [5, 5.41) is 4.40. The number of hydrogen-bond donors (Lipinski definition) is 1. The van der Waals surface area contributed by atoms with Crippen molar-refractivity contribution in [2.24, 2.45) is 0 Å². The fourth-order valence-electron chi connectivity index (χ4n) is 2.21. The predicted octanol–water partition coefficient (Wildman–Crippen LogP) is 4.75. The van der Waals surface area contributed by atoms with E-state index in [0.717, 1.165) is 32.4 Å². The Balaban J connectivity index is 1.81. The molecule has 0 fully saturated rings. The molecule has 0 aliphatic heterocycles. The van der Waals surface area contributed by atoms with Crippen molar-refractivity contribution in [1.82, 2.24) is 15.0 Å². The number of rotatable bonds is 2. The molecule has 102 valence electrons. The first kappa shape index (κ1) is 12.7. The van der Waals surface area contributed by atoms with Gasteiger partial charge in [-0.1, -0.05) is 0 Å². The van der Waals surface area contributed by atoms with Crippen molar-refractivity contribution in [3.05, 3.63) is 52.7 Å². The first-order valence-corrected chi connectivity index (χ1v) is 7.97. The molecule has 1 aromatic carbocycles. The van der Waals surface area contributed by atoms with E-state index in [1.807, 2.05) is 23.7 Å². The second kappa shape index (κ2) is 5.05. The number of anilines is 2. The molecule has 0 unspecified atom stereocenters. The fourth-order valence-corrected chi connectivity index (χ4v) is 3.20. The van der Waals surface area contributed by atoms with E-state index in [2.05, 4.69) is 48.3 Å². The summed E-state index contributed by atoms with van der Waals surface area (Å²) in [7, 11) is 0. The number of halogens is 1. The van der Waals surface area contributed by atoms with Crippen molar-refractivity contribution in [2.45, 2.75) is 0 Å². The van der Waals surface area contributed by atoms with E-state index in [0.29, 0.717) is 0 Å². The van der Waals surface area contributed by atoms with Crippen molar-refractivity contribution >= 4 is 59.9 Å². The van der Waals surface area contributed by atoms with Crippen LogP contribution in [0.1, 0.15) is 0 Å². The third kappa shape index (κ3) is 2.36. The van der Waals surface area contributed by atoms with Gasteiger partial charge in [0.2, 0.25) is 0 Å². The summed E-state index contributed by atoms with van der Waals surface area (Å²) in [6.07, 6.45) is 3.51. The second-order valence-corrected chi connectivity index (χ2v) is 6.35. The van der Waals surface area contributed by atoms with Gasteiger partial charge in [-0.3, -0.25) is 0 Å². The smallest absolute Gasteiger partial charge is 0.161 e. The van der Waals surface area contributed by atoms with Crippen LogP contribution in [0.5, 0.6) is 0 Å². The van der Waals surface area contributed by atoms with Gasteiger partial charge in [0.05, 0.1) is 21.4 Å². The highest BCUT2D eigenvalue weighted by molar-refractivity contribution is 9.10. The molecule has 0 aliphatic carbocycles. The Morgan fingerprint density at radius 2 is 2.00 bits per heavy atom. The lowest BCUT2D eigenvalue weighted by atomic mass is 10.2. The zero-order valence-electron chi connectivity index (χ0n) is 10.7. The molecule has 3 aromatic heterocycles. The number of thiazole rings is 1. The summed E-state index contributed by atoms with van der Waals surface area (Å²) in [6.45, 7) is 0. The normalized spacial score (nSPS) is 11.1. The van der Waals surface area contributed by atoms with Gasteiger partial charge in [-0.2, -0.15) is 0 Å². The molecular formula is C15H9BrN4S. The predicted molar refractivity (Wildman–Crippen MR) is 90.1 cm³/mol. The Hall–Kier alpha value is -2.05. The van der Waals surface area contributed by atoms with Gasteiger partial charge in [-0.15, -0.1) is 11.3 Å². The first-order valence-electron chi connectivity index (χ1n) is 6.30. The van der Waals surface area contributed by atoms with E-state index in [1.54, 1.807) is 23.7 Å². The molecule has 4 rings (SSSR count). The Bertz CT molecular complexity index is 951. The van der Waals surface area contributed by atoms with Crippen molar-refractivity contribution in [1.29, 1.82) is 0 Å². The number of nitrogens with one attached hydrogen (secondary N) is 1. The van der Waals surface area contributed by atoms with Crippen molar-refractivity contribution < 1.29 is 0 Å². The highest BCUT2D eigenvalue weighted by Gasteiger charge is 2.05. The van der Waals surface area contributed by atoms with E-state index >= 15 is 0 Å². The highest BCUT2D eigenvalue weighted by atomic mass is 79.9. The zero-order chi connectivity index (χ0) is 14.2. The summed E-state index contributed by atoms with van der Waals surface area (Å²) >= 11 is 5.09. The second-order valence-electron chi connectivity index (χ2n) is 4.54. The standard InChI is InChI=1S/C15H9BrN4S/c16-9-5-11-12(3-4-17-15(11)18-7-9)20-10-1-2-14-13(6-10)19-8-21-14/h1-8H,(H,17,18,20). The summed E-state index contributed by atoms with van der Waals surface area (Å²) in [5.41, 5.74) is 5.56. The van der Waals surface area contributed by atoms with Crippen LogP contribution >= 0.6 is 27.3 Å². The molecule has 21 heavy (non-hydrogen) atoms. The first-order chi connectivity index (χ1) is 10.3. The van der Waals surface area contributed by atoms with Gasteiger partial charge >= 0.3 is 0 Å². The fraction of sp³-hybridized carbons (Fsp3) is 0. The van der Waals surface area contributed by atoms with Crippen LogP contribution in [0, 0.1) is 0 Å². The maximum Gasteiger partial charge on any atom is 0.161 e. The van der Waals surface area contributed by atoms with Crippen LogP contribution in [0.15, 0.2) is 52.7 Å². The molecule has 6 heteroatoms. The molecule has 0 saturated carbocycles. The summed E-state index contributed by atoms with van der Waals surface area (Å²) < 4.78 is 2.12. The number of fused-ring (bicyclic) bond motifs is 2. The molecule has 3 heterocycles. The van der Waals surface area contributed by atoms with Gasteiger partial charge in [0.15, 0.2) is 5.65 Å². The Kier molecular flexibility index (Phi) is 3.05. The summed E-state index contributed by atoms with van der Waals surface area (Å²) in [5.74, 6) is 0. The SMILES string of the molecule is Brc1cnc2nccc(Nc3ccc4scnc4c3)c2c1. The van der Waals surface area contributed by atoms with Crippen molar-refractivity contribution in [2.75, 3.05) is 5.32 Å². The topological polar surface area (TPSA) is 50.7 Å². The van der Waals surface area contributed by atoms with E-state index in [9.17, 15) is 0 Å². The lowest BCUT2D eigenvalue weighted by molar-refractivity contribution is 1.28. The summed E-state index contributed by atoms with van der Waals surface area (Å²) in [6, 6.07) is 10.1. The minimum Gasteiger partial charge on any atom is -0.355 e. The highest BCUT2D eigenvalue weighted by Crippen LogP contribution is 2.28. The number of aromatic nitrogens is 3. The van der Waals surface area contributed by atoms with Gasteiger partial charge in [-0.05, 0) is 46.3 Å². The Labute approximate surface area is 133 Å². The van der Waals surface area contributed by atoms with E-state index in [4.69, 9.17) is 0 Å². The molecule has 0 spiro atoms. The molecule has 0 radical (unpaired) electrons. The average Bonchev–Trinajstić information content (AvgIpc) is 2.95. The quantitative estimate of drug-likeness (QED) is 0.563. The largest absolute Gasteiger partial charge is 0.355 e. The lowest BCUT2D eigenvalue weighted by Crippen LogP contribution is -1.93. The Morgan fingerprint density at radius 1 is 1.05 bits per heavy atom. The van der Waals surface area contributed by atoms with E-state index < -0.39 is 0 Å². The van der Waals surface area contributed by atoms with Crippen molar-refractivity contribution in [3.8, 4) is 0 Å². The van der Waals surface area contributed by atoms with Crippen molar-refractivity contribution in [3.63, 3.8) is 0 Å². The van der Waals surface area contributed by atoms with E-state index in [-0.39, 0.29) is 0 Å². The van der Waals surface area contributed by atoms with Gasteiger partial charge in [0.25, 0.3) is 0 Å². The van der Waals surface area contributed by atoms with Gasteiger partial charge in [0.1, 0.15) is 0 Å². The average molecular weight is 357 g/mol. The monoisotopic (exact) mass is 356 g/mol. The number of pyridine rings is 2. The number of nitrogens with zero attached hydrogens (tertiary/aromatic N) is 3. The van der Waals surface area contributed by atoms with Crippen LogP contribution in [-0.2, 0) is 0 Å². The molecular weight excluding hydrogens is 348 g/mol. The van der Waals surface area contributed by atoms with E-state index in [1.165, 1.54) is 4.70 Å². The molecule has 0 saturated heterocycles. The van der Waals surface area contributed by atoms with Gasteiger partial charge in [-0.25, -0.2) is 15.0 Å². The molecule has 0 aliphatic rings. The maximum absolute atomic E-state index is 4.34. The maximum atomic E-state index is 4.34. The van der Waals surface area contributed by atoms with Crippen LogP contribution in [0.4, 0.5) is 11.4 Å². The molecule has 0 bridgehead atoms. The summed E-state index contributed by atoms with van der Waals surface area (Å²) in [4.78, 5) is 12.9.